The van der Waals surface area contributed by atoms with Crippen molar-refractivity contribution in [1.82, 2.24) is 5.01 Å². The lowest BCUT2D eigenvalue weighted by molar-refractivity contribution is -0.154. The van der Waals surface area contributed by atoms with Crippen molar-refractivity contribution < 1.29 is 4.79 Å². The fraction of sp³-hybridized carbons (Fsp3) is 0.800. The van der Waals surface area contributed by atoms with Gasteiger partial charge < -0.3 is 0 Å². The summed E-state index contributed by atoms with van der Waals surface area (Å²) in [6.07, 6.45) is 0. The Morgan fingerprint density at radius 3 is 2.25 bits per heavy atom. The molecule has 0 unspecified atom stereocenters. The number of β-lactam (4-membered cyclic amide) rings is 1. The number of amides is 1. The molecular formula is C5H10N2O. The minimum atomic E-state index is 0.0532. The Labute approximate surface area is 48.4 Å². The lowest BCUT2D eigenvalue weighted by Crippen LogP contribution is -2.61. The second kappa shape index (κ2) is 1.45. The molecule has 46 valence electrons. The quantitative estimate of drug-likeness (QED) is 0.267. The zero-order valence-electron chi connectivity index (χ0n) is 5.09. The first-order valence-corrected chi connectivity index (χ1v) is 2.72. The van der Waals surface area contributed by atoms with Crippen molar-refractivity contribution in [3.63, 3.8) is 0 Å². The van der Waals surface area contributed by atoms with E-state index in [2.05, 4.69) is 0 Å². The fourth-order valence-corrected chi connectivity index (χ4v) is 0.801. The molecule has 1 fully saturated rings. The van der Waals surface area contributed by atoms with E-state index in [0.717, 1.165) is 0 Å². The van der Waals surface area contributed by atoms with E-state index >= 15 is 0 Å². The summed E-state index contributed by atoms with van der Waals surface area (Å²) in [6, 6.07) is 0.238. The Balaban J connectivity index is 2.55. The van der Waals surface area contributed by atoms with Crippen molar-refractivity contribution in [1.29, 1.82) is 0 Å². The molecule has 2 N–H and O–H groups in total. The summed E-state index contributed by atoms with van der Waals surface area (Å²) in [5, 5.41) is 1.27. The maximum absolute atomic E-state index is 10.6. The molecule has 0 aromatic heterocycles. The van der Waals surface area contributed by atoms with Gasteiger partial charge in [0.2, 0.25) is 5.91 Å². The van der Waals surface area contributed by atoms with Gasteiger partial charge in [-0.3, -0.25) is 9.80 Å². The number of nitrogens with zero attached hydrogens (tertiary/aromatic N) is 1. The Kier molecular flexibility index (Phi) is 1.01. The molecule has 0 aromatic rings. The van der Waals surface area contributed by atoms with Gasteiger partial charge in [-0.1, -0.05) is 6.92 Å². The van der Waals surface area contributed by atoms with Crippen LogP contribution in [-0.2, 0) is 4.79 Å². The Morgan fingerprint density at radius 1 is 1.62 bits per heavy atom. The molecule has 0 saturated carbocycles. The SMILES string of the molecule is C[C@H]1C(=O)N(N)[C@H]1C. The third-order valence-electron chi connectivity index (χ3n) is 1.81. The highest BCUT2D eigenvalue weighted by Gasteiger charge is 2.38. The summed E-state index contributed by atoms with van der Waals surface area (Å²) >= 11 is 0. The van der Waals surface area contributed by atoms with Crippen LogP contribution in [0.1, 0.15) is 13.8 Å². The second-order valence-electron chi connectivity index (χ2n) is 2.27. The lowest BCUT2D eigenvalue weighted by atomic mass is 9.93. The zero-order chi connectivity index (χ0) is 6.31. The molecule has 1 amide bonds. The van der Waals surface area contributed by atoms with E-state index in [1.165, 1.54) is 5.01 Å². The number of hydrogen-bond donors (Lipinski definition) is 1. The lowest BCUT2D eigenvalue weighted by Gasteiger charge is -2.39. The predicted octanol–water partition coefficient (Wildman–Crippen LogP) is -0.273. The van der Waals surface area contributed by atoms with Crippen molar-refractivity contribution in [3.05, 3.63) is 0 Å². The molecule has 1 saturated heterocycles. The second-order valence-corrected chi connectivity index (χ2v) is 2.27. The number of nitrogens with two attached hydrogens (primary N) is 1. The van der Waals surface area contributed by atoms with E-state index in [1.54, 1.807) is 0 Å². The van der Waals surface area contributed by atoms with E-state index < -0.39 is 0 Å². The number of hydrogen-bond acceptors (Lipinski definition) is 2. The third kappa shape index (κ3) is 0.448. The van der Waals surface area contributed by atoms with E-state index in [-0.39, 0.29) is 17.9 Å². The van der Waals surface area contributed by atoms with Crippen LogP contribution in [0.25, 0.3) is 0 Å². The number of carbonyl (C=O) groups excluding carboxylic acids is 1. The summed E-state index contributed by atoms with van der Waals surface area (Å²) in [6.45, 7) is 3.82. The first kappa shape index (κ1) is 5.56. The minimum Gasteiger partial charge on any atom is -0.277 e. The summed E-state index contributed by atoms with van der Waals surface area (Å²) in [5.74, 6) is 5.43. The molecular weight excluding hydrogens is 104 g/mol. The predicted molar refractivity (Wildman–Crippen MR) is 29.7 cm³/mol. The van der Waals surface area contributed by atoms with Crippen LogP contribution in [0.3, 0.4) is 0 Å². The molecule has 0 spiro atoms. The van der Waals surface area contributed by atoms with Gasteiger partial charge in [0.15, 0.2) is 0 Å². The van der Waals surface area contributed by atoms with Gasteiger partial charge >= 0.3 is 0 Å². The highest BCUT2D eigenvalue weighted by molar-refractivity contribution is 5.84. The molecule has 0 radical (unpaired) electrons. The highest BCUT2D eigenvalue weighted by Crippen LogP contribution is 2.20. The molecule has 1 aliphatic heterocycles. The Bertz CT molecular complexity index is 112. The summed E-state index contributed by atoms with van der Waals surface area (Å²) in [7, 11) is 0. The van der Waals surface area contributed by atoms with E-state index in [0.29, 0.717) is 0 Å². The first-order valence-electron chi connectivity index (χ1n) is 2.72. The monoisotopic (exact) mass is 114 g/mol. The molecule has 1 aliphatic rings. The van der Waals surface area contributed by atoms with Crippen LogP contribution < -0.4 is 5.84 Å². The van der Waals surface area contributed by atoms with Gasteiger partial charge in [-0.2, -0.15) is 0 Å². The smallest absolute Gasteiger partial charge is 0.241 e. The molecule has 0 bridgehead atoms. The molecule has 2 atom stereocenters. The molecule has 1 heterocycles. The largest absolute Gasteiger partial charge is 0.277 e. The topological polar surface area (TPSA) is 46.3 Å². The van der Waals surface area contributed by atoms with Crippen LogP contribution in [0.2, 0.25) is 0 Å². The van der Waals surface area contributed by atoms with Gasteiger partial charge in [0, 0.05) is 0 Å². The minimum absolute atomic E-state index is 0.0532. The third-order valence-corrected chi connectivity index (χ3v) is 1.81. The molecule has 3 heteroatoms. The summed E-state index contributed by atoms with van der Waals surface area (Å²) < 4.78 is 0. The van der Waals surface area contributed by atoms with Crippen LogP contribution in [0.5, 0.6) is 0 Å². The van der Waals surface area contributed by atoms with E-state index in [9.17, 15) is 4.79 Å². The molecule has 0 aliphatic carbocycles. The normalized spacial score (nSPS) is 37.4. The standard InChI is InChI=1S/C5H10N2O/c1-3-4(2)7(6)5(3)8/h3-4H,6H2,1-2H3/t3-,4+/m1/s1. The van der Waals surface area contributed by atoms with Crippen LogP contribution in [0.15, 0.2) is 0 Å². The number of rotatable bonds is 0. The zero-order valence-corrected chi connectivity index (χ0v) is 5.09. The number of hydrazine groups is 1. The van der Waals surface area contributed by atoms with Crippen LogP contribution in [-0.4, -0.2) is 17.0 Å². The van der Waals surface area contributed by atoms with Crippen molar-refractivity contribution in [2.75, 3.05) is 0 Å². The molecule has 1 rings (SSSR count). The summed E-state index contributed by atoms with van der Waals surface area (Å²) in [5.41, 5.74) is 0. The molecule has 0 aromatic carbocycles. The van der Waals surface area contributed by atoms with Gasteiger partial charge in [0.05, 0.1) is 12.0 Å². The van der Waals surface area contributed by atoms with Gasteiger partial charge in [0.25, 0.3) is 0 Å². The maximum Gasteiger partial charge on any atom is 0.241 e. The van der Waals surface area contributed by atoms with Crippen molar-refractivity contribution >= 4 is 5.91 Å². The highest BCUT2D eigenvalue weighted by atomic mass is 16.2. The van der Waals surface area contributed by atoms with Gasteiger partial charge in [0.1, 0.15) is 0 Å². The molecule has 3 nitrogen and oxygen atoms in total. The summed E-state index contributed by atoms with van der Waals surface area (Å²) in [4.78, 5) is 10.6. The van der Waals surface area contributed by atoms with E-state index in [4.69, 9.17) is 5.84 Å². The van der Waals surface area contributed by atoms with Crippen molar-refractivity contribution in [2.45, 2.75) is 19.9 Å². The van der Waals surface area contributed by atoms with Crippen molar-refractivity contribution in [2.24, 2.45) is 11.8 Å². The van der Waals surface area contributed by atoms with Crippen LogP contribution in [0.4, 0.5) is 0 Å². The first-order chi connectivity index (χ1) is 3.64. The number of carbonyl (C=O) groups is 1. The molecule has 8 heavy (non-hydrogen) atoms. The maximum atomic E-state index is 10.6. The van der Waals surface area contributed by atoms with E-state index in [1.807, 2.05) is 13.8 Å². The van der Waals surface area contributed by atoms with Gasteiger partial charge in [-0.05, 0) is 6.92 Å². The van der Waals surface area contributed by atoms with Crippen molar-refractivity contribution in [3.8, 4) is 0 Å². The van der Waals surface area contributed by atoms with Gasteiger partial charge in [-0.25, -0.2) is 5.84 Å². The fourth-order valence-electron chi connectivity index (χ4n) is 0.801. The van der Waals surface area contributed by atoms with Crippen LogP contribution >= 0.6 is 0 Å². The average molecular weight is 114 g/mol. The Morgan fingerprint density at radius 2 is 2.12 bits per heavy atom. The average Bonchev–Trinajstić information content (AvgIpc) is 1.83. The van der Waals surface area contributed by atoms with Crippen LogP contribution in [0, 0.1) is 5.92 Å². The Hall–Kier alpha value is -0.570. The van der Waals surface area contributed by atoms with Gasteiger partial charge in [-0.15, -0.1) is 0 Å².